The summed E-state index contributed by atoms with van der Waals surface area (Å²) >= 11 is 1.07. The Labute approximate surface area is 161 Å². The Kier molecular flexibility index (Phi) is 6.80. The summed E-state index contributed by atoms with van der Waals surface area (Å²) in [6, 6.07) is 7.71. The lowest BCUT2D eigenvalue weighted by Crippen LogP contribution is -2.49. The molecule has 27 heavy (non-hydrogen) atoms. The number of nitriles is 1. The summed E-state index contributed by atoms with van der Waals surface area (Å²) in [7, 11) is 0. The first kappa shape index (κ1) is 20.7. The highest BCUT2D eigenvalue weighted by molar-refractivity contribution is 7.99. The van der Waals surface area contributed by atoms with Crippen molar-refractivity contribution in [3.05, 3.63) is 36.0 Å². The van der Waals surface area contributed by atoms with Crippen LogP contribution in [0.4, 0.5) is 4.39 Å². The SMILES string of the molecule is CC(C)[C@@](C)(C#N)NC(=O)CSc1nnc([C@@H](C)Oc2ccc(F)cc2)o1. The standard InChI is InChI=1S/C18H21FN4O3S/c1-11(2)18(4,10-20)21-15(24)9-27-17-23-22-16(26-17)12(3)25-14-7-5-13(19)6-8-14/h5-8,11-12H,9H2,1-4H3,(H,21,24)/t12-,18-/m1/s1. The fourth-order valence-electron chi connectivity index (χ4n) is 1.97. The number of carbonyl (C=O) groups excluding carboxylic acids is 1. The van der Waals surface area contributed by atoms with E-state index in [-0.39, 0.29) is 34.5 Å². The number of nitrogens with one attached hydrogen (secondary N) is 1. The third kappa shape index (κ3) is 5.69. The molecule has 0 unspecified atom stereocenters. The van der Waals surface area contributed by atoms with Gasteiger partial charge in [-0.2, -0.15) is 5.26 Å². The lowest BCUT2D eigenvalue weighted by atomic mass is 9.90. The van der Waals surface area contributed by atoms with Crippen LogP contribution >= 0.6 is 11.8 Å². The van der Waals surface area contributed by atoms with Gasteiger partial charge in [0, 0.05) is 0 Å². The Morgan fingerprint density at radius 2 is 2.04 bits per heavy atom. The molecule has 1 aromatic carbocycles. The zero-order valence-corrected chi connectivity index (χ0v) is 16.3. The van der Waals surface area contributed by atoms with Crippen LogP contribution in [0.3, 0.4) is 0 Å². The van der Waals surface area contributed by atoms with Gasteiger partial charge >= 0.3 is 0 Å². The number of halogens is 1. The zero-order valence-electron chi connectivity index (χ0n) is 15.5. The van der Waals surface area contributed by atoms with E-state index < -0.39 is 11.6 Å². The summed E-state index contributed by atoms with van der Waals surface area (Å²) < 4.78 is 24.0. The number of amides is 1. The first-order valence-electron chi connectivity index (χ1n) is 8.34. The van der Waals surface area contributed by atoms with Crippen LogP contribution in [0.25, 0.3) is 0 Å². The number of aromatic nitrogens is 2. The van der Waals surface area contributed by atoms with Gasteiger partial charge in [0.2, 0.25) is 5.91 Å². The van der Waals surface area contributed by atoms with Gasteiger partial charge in [0.1, 0.15) is 17.1 Å². The highest BCUT2D eigenvalue weighted by atomic mass is 32.2. The van der Waals surface area contributed by atoms with Gasteiger partial charge in [-0.3, -0.25) is 4.79 Å². The number of ether oxygens (including phenoxy) is 1. The van der Waals surface area contributed by atoms with E-state index in [0.29, 0.717) is 5.75 Å². The average Bonchev–Trinajstić information content (AvgIpc) is 3.11. The molecule has 1 aromatic heterocycles. The van der Waals surface area contributed by atoms with E-state index in [0.717, 1.165) is 11.8 Å². The number of benzene rings is 1. The maximum atomic E-state index is 12.9. The van der Waals surface area contributed by atoms with Crippen molar-refractivity contribution in [1.29, 1.82) is 5.26 Å². The van der Waals surface area contributed by atoms with Crippen molar-refractivity contribution in [3.8, 4) is 11.8 Å². The van der Waals surface area contributed by atoms with Crippen molar-refractivity contribution in [2.24, 2.45) is 5.92 Å². The van der Waals surface area contributed by atoms with Gasteiger partial charge in [-0.25, -0.2) is 4.39 Å². The quantitative estimate of drug-likeness (QED) is 0.686. The first-order chi connectivity index (χ1) is 12.7. The second kappa shape index (κ2) is 8.86. The minimum Gasteiger partial charge on any atom is -0.481 e. The van der Waals surface area contributed by atoms with Crippen LogP contribution in [-0.2, 0) is 4.79 Å². The molecule has 0 spiro atoms. The molecule has 0 bridgehead atoms. The van der Waals surface area contributed by atoms with E-state index in [1.54, 1.807) is 13.8 Å². The van der Waals surface area contributed by atoms with E-state index in [9.17, 15) is 14.4 Å². The molecular formula is C18H21FN4O3S. The van der Waals surface area contributed by atoms with Gasteiger partial charge < -0.3 is 14.5 Å². The number of hydrogen-bond donors (Lipinski definition) is 1. The number of nitrogens with zero attached hydrogens (tertiary/aromatic N) is 3. The molecule has 2 atom stereocenters. The van der Waals surface area contributed by atoms with Crippen LogP contribution in [0.2, 0.25) is 0 Å². The largest absolute Gasteiger partial charge is 0.481 e. The number of rotatable bonds is 8. The summed E-state index contributed by atoms with van der Waals surface area (Å²) in [5.74, 6) is 0.0731. The van der Waals surface area contributed by atoms with Crippen molar-refractivity contribution < 1.29 is 18.3 Å². The molecule has 2 aromatic rings. The predicted molar refractivity (Wildman–Crippen MR) is 97.5 cm³/mol. The van der Waals surface area contributed by atoms with Gasteiger partial charge in [-0.05, 0) is 44.0 Å². The molecule has 1 heterocycles. The second-order valence-electron chi connectivity index (χ2n) is 6.43. The normalized spacial score (nSPS) is 14.3. The minimum atomic E-state index is -0.935. The predicted octanol–water partition coefficient (Wildman–Crippen LogP) is 3.50. The fourth-order valence-corrected chi connectivity index (χ4v) is 2.53. The molecule has 7 nitrogen and oxygen atoms in total. The fraction of sp³-hybridized carbons (Fsp3) is 0.444. The van der Waals surface area contributed by atoms with Crippen LogP contribution < -0.4 is 10.1 Å². The van der Waals surface area contributed by atoms with Crippen LogP contribution in [-0.4, -0.2) is 27.4 Å². The van der Waals surface area contributed by atoms with E-state index in [1.165, 1.54) is 24.3 Å². The molecule has 0 aliphatic rings. The third-order valence-electron chi connectivity index (χ3n) is 4.01. The van der Waals surface area contributed by atoms with Crippen molar-refractivity contribution >= 4 is 17.7 Å². The van der Waals surface area contributed by atoms with Gasteiger partial charge in [-0.1, -0.05) is 25.6 Å². The second-order valence-corrected chi connectivity index (χ2v) is 7.35. The Balaban J connectivity index is 1.89. The Bertz CT molecular complexity index is 819. The molecule has 0 fully saturated rings. The molecule has 0 saturated heterocycles. The van der Waals surface area contributed by atoms with Crippen LogP contribution in [0.5, 0.6) is 5.75 Å². The Morgan fingerprint density at radius 1 is 1.37 bits per heavy atom. The smallest absolute Gasteiger partial charge is 0.277 e. The molecule has 0 radical (unpaired) electrons. The lowest BCUT2D eigenvalue weighted by Gasteiger charge is -2.27. The molecule has 0 saturated carbocycles. The highest BCUT2D eigenvalue weighted by Gasteiger charge is 2.30. The monoisotopic (exact) mass is 392 g/mol. The van der Waals surface area contributed by atoms with E-state index in [1.807, 2.05) is 13.8 Å². The van der Waals surface area contributed by atoms with Crippen molar-refractivity contribution in [2.75, 3.05) is 5.75 Å². The summed E-state index contributed by atoms with van der Waals surface area (Å²) in [5, 5.41) is 20.0. The molecule has 0 aliphatic heterocycles. The summed E-state index contributed by atoms with van der Waals surface area (Å²) in [5.41, 5.74) is -0.935. The van der Waals surface area contributed by atoms with Gasteiger partial charge in [0.05, 0.1) is 11.8 Å². The third-order valence-corrected chi connectivity index (χ3v) is 4.83. The zero-order chi connectivity index (χ0) is 20.0. The highest BCUT2D eigenvalue weighted by Crippen LogP contribution is 2.24. The number of thioether (sulfide) groups is 1. The van der Waals surface area contributed by atoms with Crippen LogP contribution in [0.15, 0.2) is 33.9 Å². The molecule has 1 N–H and O–H groups in total. The van der Waals surface area contributed by atoms with Gasteiger partial charge in [0.25, 0.3) is 11.1 Å². The van der Waals surface area contributed by atoms with Gasteiger partial charge in [0.15, 0.2) is 6.10 Å². The minimum absolute atomic E-state index is 0.0316. The maximum absolute atomic E-state index is 12.9. The summed E-state index contributed by atoms with van der Waals surface area (Å²) in [4.78, 5) is 12.1. The Morgan fingerprint density at radius 3 is 2.63 bits per heavy atom. The van der Waals surface area contributed by atoms with Gasteiger partial charge in [-0.15, -0.1) is 10.2 Å². The number of hydrogen-bond acceptors (Lipinski definition) is 7. The summed E-state index contributed by atoms with van der Waals surface area (Å²) in [6.07, 6.45) is -0.533. The molecule has 2 rings (SSSR count). The Hall–Kier alpha value is -2.60. The van der Waals surface area contributed by atoms with E-state index in [2.05, 4.69) is 21.6 Å². The van der Waals surface area contributed by atoms with Crippen molar-refractivity contribution in [3.63, 3.8) is 0 Å². The van der Waals surface area contributed by atoms with Crippen LogP contribution in [0, 0.1) is 23.1 Å². The molecule has 9 heteroatoms. The molecule has 1 amide bonds. The van der Waals surface area contributed by atoms with E-state index >= 15 is 0 Å². The molecule has 0 aliphatic carbocycles. The maximum Gasteiger partial charge on any atom is 0.277 e. The average molecular weight is 392 g/mol. The van der Waals surface area contributed by atoms with Crippen molar-refractivity contribution in [2.45, 2.75) is 44.6 Å². The number of carbonyl (C=O) groups is 1. The summed E-state index contributed by atoms with van der Waals surface area (Å²) in [6.45, 7) is 7.13. The lowest BCUT2D eigenvalue weighted by molar-refractivity contribution is -0.120. The van der Waals surface area contributed by atoms with E-state index in [4.69, 9.17) is 9.15 Å². The molecule has 144 valence electrons. The van der Waals surface area contributed by atoms with Crippen LogP contribution in [0.1, 0.15) is 39.7 Å². The molecular weight excluding hydrogens is 371 g/mol. The first-order valence-corrected chi connectivity index (χ1v) is 9.32. The van der Waals surface area contributed by atoms with Crippen molar-refractivity contribution in [1.82, 2.24) is 15.5 Å². The topological polar surface area (TPSA) is 101 Å².